The Balaban J connectivity index is 3.23. The smallest absolute Gasteiger partial charge is 0.337 e. The van der Waals surface area contributed by atoms with Crippen LogP contribution in [0, 0.1) is 0 Å². The lowest BCUT2D eigenvalue weighted by atomic mass is 10.0. The van der Waals surface area contributed by atoms with E-state index in [0.717, 1.165) is 6.07 Å². The van der Waals surface area contributed by atoms with Crippen LogP contribution in [0.4, 0.5) is 0 Å². The van der Waals surface area contributed by atoms with Gasteiger partial charge in [0.25, 0.3) is 0 Å². The molecule has 0 amide bonds. The van der Waals surface area contributed by atoms with Gasteiger partial charge in [0, 0.05) is 0 Å². The quantitative estimate of drug-likeness (QED) is 0.736. The highest BCUT2D eigenvalue weighted by molar-refractivity contribution is 7.89. The highest BCUT2D eigenvalue weighted by Crippen LogP contribution is 2.22. The molecule has 0 aliphatic carbocycles. The predicted octanol–water partition coefficient (Wildman–Crippen LogP) is 1.48. The molecule has 1 unspecified atom stereocenters. The monoisotopic (exact) mass is 321 g/mol. The number of halogens is 1. The molecule has 0 aliphatic heterocycles. The molecule has 0 saturated carbocycles. The van der Waals surface area contributed by atoms with E-state index in [1.807, 2.05) is 0 Å². The number of hydrogen-bond acceptors (Lipinski definition) is 4. The molecule has 0 bridgehead atoms. The number of benzene rings is 1. The molecule has 0 fully saturated rings. The second-order valence-electron chi connectivity index (χ2n) is 4.62. The van der Waals surface area contributed by atoms with Crippen LogP contribution in [-0.4, -0.2) is 36.7 Å². The van der Waals surface area contributed by atoms with Gasteiger partial charge in [-0.05, 0) is 31.5 Å². The molecule has 0 heterocycles. The summed E-state index contributed by atoms with van der Waals surface area (Å²) in [5.74, 6) is -1.31. The second kappa shape index (κ2) is 6.09. The Kier molecular flexibility index (Phi) is 5.15. The van der Waals surface area contributed by atoms with E-state index in [-0.39, 0.29) is 22.1 Å². The average Bonchev–Trinajstić information content (AvgIpc) is 2.38. The van der Waals surface area contributed by atoms with Crippen molar-refractivity contribution in [1.82, 2.24) is 4.72 Å². The third kappa shape index (κ3) is 3.69. The Morgan fingerprint density at radius 3 is 2.50 bits per heavy atom. The van der Waals surface area contributed by atoms with Crippen LogP contribution in [0.15, 0.2) is 23.1 Å². The highest BCUT2D eigenvalue weighted by atomic mass is 35.5. The van der Waals surface area contributed by atoms with E-state index in [4.69, 9.17) is 16.7 Å². The summed E-state index contributed by atoms with van der Waals surface area (Å²) < 4.78 is 26.7. The number of carboxylic acids is 1. The minimum atomic E-state index is -3.95. The Morgan fingerprint density at radius 2 is 2.05 bits per heavy atom. The van der Waals surface area contributed by atoms with Crippen molar-refractivity contribution in [1.29, 1.82) is 0 Å². The van der Waals surface area contributed by atoms with Crippen molar-refractivity contribution in [3.8, 4) is 0 Å². The van der Waals surface area contributed by atoms with Crippen LogP contribution < -0.4 is 4.72 Å². The Hall–Kier alpha value is -1.15. The number of carbonyl (C=O) groups is 1. The van der Waals surface area contributed by atoms with E-state index < -0.39 is 21.5 Å². The largest absolute Gasteiger partial charge is 0.478 e. The standard InChI is InChI=1S/C12H16ClNO5S/c1-3-12(2,7-15)14-20(18,19)8-4-5-10(13)9(6-8)11(16)17/h4-6,14-15H,3,7H2,1-2H3,(H,16,17). The number of hydrogen-bond donors (Lipinski definition) is 3. The number of aliphatic hydroxyl groups is 1. The number of aliphatic hydroxyl groups excluding tert-OH is 1. The molecule has 1 rings (SSSR count). The minimum Gasteiger partial charge on any atom is -0.478 e. The maximum absolute atomic E-state index is 12.2. The number of rotatable bonds is 6. The van der Waals surface area contributed by atoms with Crippen LogP contribution in [0.2, 0.25) is 5.02 Å². The second-order valence-corrected chi connectivity index (χ2v) is 6.71. The summed E-state index contributed by atoms with van der Waals surface area (Å²) in [5.41, 5.74) is -1.31. The topological polar surface area (TPSA) is 104 Å². The SMILES string of the molecule is CCC(C)(CO)NS(=O)(=O)c1ccc(Cl)c(C(=O)O)c1. The molecule has 0 aliphatic rings. The van der Waals surface area contributed by atoms with E-state index in [9.17, 15) is 18.3 Å². The van der Waals surface area contributed by atoms with E-state index in [0.29, 0.717) is 6.42 Å². The Labute approximate surface area is 122 Å². The molecule has 0 radical (unpaired) electrons. The summed E-state index contributed by atoms with van der Waals surface area (Å²) in [6.45, 7) is 2.91. The van der Waals surface area contributed by atoms with Crippen molar-refractivity contribution in [3.05, 3.63) is 28.8 Å². The third-order valence-electron chi connectivity index (χ3n) is 2.99. The molecular formula is C12H16ClNO5S. The first kappa shape index (κ1) is 16.9. The maximum atomic E-state index is 12.2. The molecular weight excluding hydrogens is 306 g/mol. The van der Waals surface area contributed by atoms with E-state index >= 15 is 0 Å². The first-order valence-corrected chi connectivity index (χ1v) is 7.69. The maximum Gasteiger partial charge on any atom is 0.337 e. The van der Waals surface area contributed by atoms with Crippen molar-refractivity contribution in [2.75, 3.05) is 6.61 Å². The zero-order valence-corrected chi connectivity index (χ0v) is 12.6. The van der Waals surface area contributed by atoms with Gasteiger partial charge in [0.2, 0.25) is 10.0 Å². The number of sulfonamides is 1. The van der Waals surface area contributed by atoms with Gasteiger partial charge in [0.15, 0.2) is 0 Å². The minimum absolute atomic E-state index is 0.0446. The molecule has 1 aromatic carbocycles. The van der Waals surface area contributed by atoms with Gasteiger partial charge in [-0.15, -0.1) is 0 Å². The third-order valence-corrected chi connectivity index (χ3v) is 4.95. The fraction of sp³-hybridized carbons (Fsp3) is 0.417. The Morgan fingerprint density at radius 1 is 1.45 bits per heavy atom. The van der Waals surface area contributed by atoms with E-state index in [1.54, 1.807) is 13.8 Å². The van der Waals surface area contributed by atoms with Crippen LogP contribution in [-0.2, 0) is 10.0 Å². The summed E-state index contributed by atoms with van der Waals surface area (Å²) >= 11 is 5.69. The average molecular weight is 322 g/mol. The summed E-state index contributed by atoms with van der Waals surface area (Å²) in [6, 6.07) is 3.41. The van der Waals surface area contributed by atoms with Gasteiger partial charge in [0.1, 0.15) is 0 Å². The number of carboxylic acid groups (broad SMARTS) is 1. The van der Waals surface area contributed by atoms with Gasteiger partial charge in [0.05, 0.1) is 27.6 Å². The van der Waals surface area contributed by atoms with Crippen LogP contribution in [0.1, 0.15) is 30.6 Å². The first-order chi connectivity index (χ1) is 9.15. The van der Waals surface area contributed by atoms with Crippen LogP contribution in [0.3, 0.4) is 0 Å². The summed E-state index contributed by atoms with van der Waals surface area (Å²) in [7, 11) is -3.95. The van der Waals surface area contributed by atoms with Gasteiger partial charge < -0.3 is 10.2 Å². The molecule has 1 aromatic rings. The van der Waals surface area contributed by atoms with Gasteiger partial charge in [-0.1, -0.05) is 18.5 Å². The van der Waals surface area contributed by atoms with Gasteiger partial charge in [-0.25, -0.2) is 17.9 Å². The molecule has 20 heavy (non-hydrogen) atoms. The van der Waals surface area contributed by atoms with Gasteiger partial charge in [-0.2, -0.15) is 0 Å². The summed E-state index contributed by atoms with van der Waals surface area (Å²) in [5, 5.41) is 18.1. The van der Waals surface area contributed by atoms with E-state index in [2.05, 4.69) is 4.72 Å². The molecule has 0 spiro atoms. The molecule has 0 saturated heterocycles. The normalized spacial score (nSPS) is 14.8. The van der Waals surface area contributed by atoms with Crippen molar-refractivity contribution in [2.45, 2.75) is 30.7 Å². The highest BCUT2D eigenvalue weighted by Gasteiger charge is 2.29. The molecule has 8 heteroatoms. The van der Waals surface area contributed by atoms with Crippen molar-refractivity contribution < 1.29 is 23.4 Å². The lowest BCUT2D eigenvalue weighted by molar-refractivity contribution is 0.0697. The zero-order valence-electron chi connectivity index (χ0n) is 11.1. The fourth-order valence-electron chi connectivity index (χ4n) is 1.43. The number of nitrogens with one attached hydrogen (secondary N) is 1. The zero-order chi connectivity index (χ0) is 15.6. The van der Waals surface area contributed by atoms with Crippen molar-refractivity contribution in [2.24, 2.45) is 0 Å². The van der Waals surface area contributed by atoms with Crippen LogP contribution in [0.5, 0.6) is 0 Å². The van der Waals surface area contributed by atoms with Crippen LogP contribution >= 0.6 is 11.6 Å². The van der Waals surface area contributed by atoms with Gasteiger partial charge >= 0.3 is 5.97 Å². The lowest BCUT2D eigenvalue weighted by Gasteiger charge is -2.26. The number of aromatic carboxylic acids is 1. The molecule has 1 atom stereocenters. The van der Waals surface area contributed by atoms with Gasteiger partial charge in [-0.3, -0.25) is 0 Å². The molecule has 112 valence electrons. The summed E-state index contributed by atoms with van der Waals surface area (Å²) in [6.07, 6.45) is 0.377. The van der Waals surface area contributed by atoms with Crippen molar-refractivity contribution in [3.63, 3.8) is 0 Å². The first-order valence-electron chi connectivity index (χ1n) is 5.83. The lowest BCUT2D eigenvalue weighted by Crippen LogP contribution is -2.48. The molecule has 0 aromatic heterocycles. The fourth-order valence-corrected chi connectivity index (χ4v) is 3.13. The van der Waals surface area contributed by atoms with E-state index in [1.165, 1.54) is 12.1 Å². The van der Waals surface area contributed by atoms with Crippen molar-refractivity contribution >= 4 is 27.6 Å². The molecule has 6 nitrogen and oxygen atoms in total. The predicted molar refractivity (Wildman–Crippen MR) is 74.5 cm³/mol. The van der Waals surface area contributed by atoms with Crippen LogP contribution in [0.25, 0.3) is 0 Å². The summed E-state index contributed by atoms with van der Waals surface area (Å²) in [4.78, 5) is 10.7. The molecule has 3 N–H and O–H groups in total. The Bertz CT molecular complexity index is 610.